The Morgan fingerprint density at radius 3 is 2.75 bits per heavy atom. The lowest BCUT2D eigenvalue weighted by Gasteiger charge is -2.24. The highest BCUT2D eigenvalue weighted by Gasteiger charge is 2.33. The summed E-state index contributed by atoms with van der Waals surface area (Å²) >= 11 is 6.37. The Bertz CT molecular complexity index is 433. The van der Waals surface area contributed by atoms with Gasteiger partial charge in [0.05, 0.1) is 11.7 Å². The molecule has 0 radical (unpaired) electrons. The summed E-state index contributed by atoms with van der Waals surface area (Å²) in [6.45, 7) is 8.45. The first-order valence-electron chi connectivity index (χ1n) is 7.65. The SMILES string of the molecule is CCNCC(CC1CCC(C)(C)O1)c1ccccc1Cl. The molecular formula is C17H26ClNO. The molecule has 2 rings (SSSR count). The zero-order chi connectivity index (χ0) is 14.6. The van der Waals surface area contributed by atoms with E-state index < -0.39 is 0 Å². The van der Waals surface area contributed by atoms with Crippen LogP contribution in [0.1, 0.15) is 51.5 Å². The highest BCUT2D eigenvalue weighted by atomic mass is 35.5. The fraction of sp³-hybridized carbons (Fsp3) is 0.647. The molecule has 0 amide bonds. The second kappa shape index (κ2) is 6.93. The zero-order valence-corrected chi connectivity index (χ0v) is 13.5. The largest absolute Gasteiger partial charge is 0.372 e. The minimum absolute atomic E-state index is 0.0356. The number of halogens is 1. The number of benzene rings is 1. The van der Waals surface area contributed by atoms with Crippen molar-refractivity contribution in [1.29, 1.82) is 0 Å². The van der Waals surface area contributed by atoms with Crippen LogP contribution in [0.25, 0.3) is 0 Å². The molecule has 1 aliphatic rings. The van der Waals surface area contributed by atoms with Crippen LogP contribution in [0.3, 0.4) is 0 Å². The van der Waals surface area contributed by atoms with Gasteiger partial charge in [-0.1, -0.05) is 36.7 Å². The molecular weight excluding hydrogens is 270 g/mol. The summed E-state index contributed by atoms with van der Waals surface area (Å²) in [4.78, 5) is 0. The van der Waals surface area contributed by atoms with Crippen LogP contribution in [0.5, 0.6) is 0 Å². The van der Waals surface area contributed by atoms with Crippen LogP contribution >= 0.6 is 11.6 Å². The minimum Gasteiger partial charge on any atom is -0.372 e. The average molecular weight is 296 g/mol. The highest BCUT2D eigenvalue weighted by Crippen LogP contribution is 2.36. The molecule has 1 aliphatic heterocycles. The molecule has 1 heterocycles. The lowest BCUT2D eigenvalue weighted by molar-refractivity contribution is -0.0209. The van der Waals surface area contributed by atoms with E-state index in [1.165, 1.54) is 5.56 Å². The Hall–Kier alpha value is -0.570. The quantitative estimate of drug-likeness (QED) is 0.841. The van der Waals surface area contributed by atoms with Crippen molar-refractivity contribution in [3.8, 4) is 0 Å². The van der Waals surface area contributed by atoms with Gasteiger partial charge in [-0.3, -0.25) is 0 Å². The predicted octanol–water partition coefficient (Wildman–Crippen LogP) is 4.38. The van der Waals surface area contributed by atoms with Gasteiger partial charge in [0, 0.05) is 17.5 Å². The van der Waals surface area contributed by atoms with Gasteiger partial charge in [0.25, 0.3) is 0 Å². The molecule has 112 valence electrons. The average Bonchev–Trinajstić information content (AvgIpc) is 2.75. The van der Waals surface area contributed by atoms with E-state index in [1.807, 2.05) is 12.1 Å². The van der Waals surface area contributed by atoms with Crippen LogP contribution in [0.4, 0.5) is 0 Å². The third kappa shape index (κ3) is 4.21. The van der Waals surface area contributed by atoms with E-state index in [1.54, 1.807) is 0 Å². The van der Waals surface area contributed by atoms with Crippen molar-refractivity contribution in [2.75, 3.05) is 13.1 Å². The van der Waals surface area contributed by atoms with E-state index in [0.717, 1.165) is 37.4 Å². The maximum Gasteiger partial charge on any atom is 0.0631 e. The van der Waals surface area contributed by atoms with Gasteiger partial charge in [0.1, 0.15) is 0 Å². The van der Waals surface area contributed by atoms with Crippen LogP contribution in [-0.4, -0.2) is 24.8 Å². The van der Waals surface area contributed by atoms with Crippen LogP contribution in [0.2, 0.25) is 5.02 Å². The maximum atomic E-state index is 6.37. The smallest absolute Gasteiger partial charge is 0.0631 e. The Labute approximate surface area is 127 Å². The van der Waals surface area contributed by atoms with Crippen LogP contribution < -0.4 is 5.32 Å². The molecule has 0 spiro atoms. The normalized spacial score (nSPS) is 22.9. The lowest BCUT2D eigenvalue weighted by atomic mass is 9.91. The molecule has 1 saturated heterocycles. The van der Waals surface area contributed by atoms with E-state index in [2.05, 4.69) is 38.2 Å². The summed E-state index contributed by atoms with van der Waals surface area (Å²) < 4.78 is 6.15. The number of likely N-dealkylation sites (N-methyl/N-ethyl adjacent to an activating group) is 1. The molecule has 0 aliphatic carbocycles. The fourth-order valence-electron chi connectivity index (χ4n) is 3.01. The Morgan fingerprint density at radius 2 is 2.15 bits per heavy atom. The summed E-state index contributed by atoms with van der Waals surface area (Å²) in [7, 11) is 0. The van der Waals surface area contributed by atoms with Gasteiger partial charge in [-0.2, -0.15) is 0 Å². The van der Waals surface area contributed by atoms with Gasteiger partial charge >= 0.3 is 0 Å². The number of hydrogen-bond donors (Lipinski definition) is 1. The molecule has 3 heteroatoms. The van der Waals surface area contributed by atoms with Crippen LogP contribution in [0, 0.1) is 0 Å². The van der Waals surface area contributed by atoms with E-state index in [-0.39, 0.29) is 5.60 Å². The Balaban J connectivity index is 2.06. The molecule has 1 aromatic rings. The molecule has 2 nitrogen and oxygen atoms in total. The van der Waals surface area contributed by atoms with Crippen molar-refractivity contribution in [3.05, 3.63) is 34.9 Å². The molecule has 0 saturated carbocycles. The van der Waals surface area contributed by atoms with Crippen molar-refractivity contribution in [1.82, 2.24) is 5.32 Å². The summed E-state index contributed by atoms with van der Waals surface area (Å²) in [5, 5.41) is 4.32. The van der Waals surface area contributed by atoms with E-state index in [9.17, 15) is 0 Å². The standard InChI is InChI=1S/C17H26ClNO/c1-4-19-12-13(15-7-5-6-8-16(15)18)11-14-9-10-17(2,3)20-14/h5-8,13-14,19H,4,9-12H2,1-3H3. The van der Waals surface area contributed by atoms with Gasteiger partial charge in [-0.05, 0) is 51.3 Å². The monoisotopic (exact) mass is 295 g/mol. The van der Waals surface area contributed by atoms with Crippen LogP contribution in [0.15, 0.2) is 24.3 Å². The van der Waals surface area contributed by atoms with Gasteiger partial charge in [-0.15, -0.1) is 0 Å². The first-order chi connectivity index (χ1) is 9.52. The first kappa shape index (κ1) is 15.8. The first-order valence-corrected chi connectivity index (χ1v) is 8.02. The van der Waals surface area contributed by atoms with Gasteiger partial charge < -0.3 is 10.1 Å². The Morgan fingerprint density at radius 1 is 1.40 bits per heavy atom. The predicted molar refractivity (Wildman–Crippen MR) is 85.5 cm³/mol. The number of rotatable bonds is 6. The summed E-state index contributed by atoms with van der Waals surface area (Å²) in [5.41, 5.74) is 1.27. The van der Waals surface area contributed by atoms with Gasteiger partial charge in [-0.25, -0.2) is 0 Å². The summed E-state index contributed by atoms with van der Waals surface area (Å²) in [6, 6.07) is 8.19. The van der Waals surface area contributed by atoms with E-state index in [0.29, 0.717) is 12.0 Å². The number of ether oxygens (including phenoxy) is 1. The lowest BCUT2D eigenvalue weighted by Crippen LogP contribution is -2.26. The molecule has 0 aromatic heterocycles. The Kier molecular flexibility index (Phi) is 5.48. The maximum absolute atomic E-state index is 6.37. The topological polar surface area (TPSA) is 21.3 Å². The molecule has 20 heavy (non-hydrogen) atoms. The zero-order valence-electron chi connectivity index (χ0n) is 12.8. The molecule has 0 bridgehead atoms. The second-order valence-electron chi connectivity index (χ2n) is 6.30. The highest BCUT2D eigenvalue weighted by molar-refractivity contribution is 6.31. The van der Waals surface area contributed by atoms with Crippen molar-refractivity contribution < 1.29 is 4.74 Å². The van der Waals surface area contributed by atoms with Gasteiger partial charge in [0.2, 0.25) is 0 Å². The van der Waals surface area contributed by atoms with Crippen molar-refractivity contribution in [2.24, 2.45) is 0 Å². The van der Waals surface area contributed by atoms with Crippen molar-refractivity contribution in [3.63, 3.8) is 0 Å². The number of hydrogen-bond acceptors (Lipinski definition) is 2. The third-order valence-electron chi connectivity index (χ3n) is 4.09. The van der Waals surface area contributed by atoms with Gasteiger partial charge in [0.15, 0.2) is 0 Å². The van der Waals surface area contributed by atoms with Crippen LogP contribution in [-0.2, 0) is 4.74 Å². The van der Waals surface area contributed by atoms with Crippen molar-refractivity contribution in [2.45, 2.75) is 57.7 Å². The molecule has 1 N–H and O–H groups in total. The second-order valence-corrected chi connectivity index (χ2v) is 6.71. The fourth-order valence-corrected chi connectivity index (χ4v) is 3.30. The van der Waals surface area contributed by atoms with E-state index in [4.69, 9.17) is 16.3 Å². The molecule has 2 atom stereocenters. The molecule has 1 fully saturated rings. The number of nitrogens with one attached hydrogen (secondary N) is 1. The summed E-state index contributed by atoms with van der Waals surface area (Å²) in [6.07, 6.45) is 3.69. The van der Waals surface area contributed by atoms with Crippen molar-refractivity contribution >= 4 is 11.6 Å². The third-order valence-corrected chi connectivity index (χ3v) is 4.43. The molecule has 2 unspecified atom stereocenters. The summed E-state index contributed by atoms with van der Waals surface area (Å²) in [5.74, 6) is 0.419. The van der Waals surface area contributed by atoms with E-state index >= 15 is 0 Å². The molecule has 1 aromatic carbocycles. The minimum atomic E-state index is 0.0356.